The van der Waals surface area contributed by atoms with Crippen molar-refractivity contribution in [3.8, 4) is 5.75 Å². The molecule has 0 fully saturated rings. The van der Waals surface area contributed by atoms with Gasteiger partial charge in [-0.15, -0.1) is 0 Å². The molecule has 1 heterocycles. The number of rotatable bonds is 7. The first-order valence-corrected chi connectivity index (χ1v) is 12.8. The summed E-state index contributed by atoms with van der Waals surface area (Å²) >= 11 is 12.5. The number of aryl methyl sites for hydroxylation is 1. The van der Waals surface area contributed by atoms with E-state index in [1.807, 2.05) is 30.3 Å². The van der Waals surface area contributed by atoms with E-state index in [-0.39, 0.29) is 29.4 Å². The normalized spacial score (nSPS) is 13.1. The van der Waals surface area contributed by atoms with Crippen molar-refractivity contribution in [2.24, 2.45) is 0 Å². The number of ether oxygens (including phenoxy) is 2. The van der Waals surface area contributed by atoms with Crippen LogP contribution < -0.4 is 15.7 Å². The van der Waals surface area contributed by atoms with Gasteiger partial charge in [0.15, 0.2) is 5.75 Å². The van der Waals surface area contributed by atoms with Crippen molar-refractivity contribution in [3.05, 3.63) is 109 Å². The number of fused-ring (bicyclic) bond motifs is 3. The zero-order chi connectivity index (χ0) is 26.6. The summed E-state index contributed by atoms with van der Waals surface area (Å²) in [6.07, 6.45) is 1.62. The smallest absolute Gasteiger partial charge is 0.408 e. The minimum Gasteiger partial charge on any atom is -0.445 e. The summed E-state index contributed by atoms with van der Waals surface area (Å²) in [4.78, 5) is 38.2. The van der Waals surface area contributed by atoms with Gasteiger partial charge in [-0.3, -0.25) is 0 Å². The highest BCUT2D eigenvalue weighted by molar-refractivity contribution is 6.33. The van der Waals surface area contributed by atoms with E-state index in [1.54, 1.807) is 30.3 Å². The molecule has 0 radical (unpaired) electrons. The predicted octanol–water partition coefficient (Wildman–Crippen LogP) is 6.03. The molecule has 38 heavy (non-hydrogen) atoms. The van der Waals surface area contributed by atoms with Gasteiger partial charge in [-0.1, -0.05) is 65.7 Å². The van der Waals surface area contributed by atoms with E-state index < -0.39 is 23.7 Å². The molecule has 1 N–H and O–H groups in total. The SMILES string of the molecule is O=C(N[C@@H](Cc1ccc(Cl)cc1)C(=O)Oc1cc2oc(=O)c3c(c2cc1Cl)CCC3)OCc1ccccc1. The monoisotopic (exact) mass is 551 g/mol. The summed E-state index contributed by atoms with van der Waals surface area (Å²) in [6, 6.07) is 18.0. The molecule has 0 saturated heterocycles. The van der Waals surface area contributed by atoms with Crippen LogP contribution in [0.25, 0.3) is 11.0 Å². The van der Waals surface area contributed by atoms with Gasteiger partial charge < -0.3 is 19.2 Å². The van der Waals surface area contributed by atoms with Gasteiger partial charge in [0.2, 0.25) is 0 Å². The summed E-state index contributed by atoms with van der Waals surface area (Å²) in [5.74, 6) is -0.743. The summed E-state index contributed by atoms with van der Waals surface area (Å²) in [5.41, 5.74) is 3.01. The fourth-order valence-electron chi connectivity index (χ4n) is 4.50. The second-order valence-corrected chi connectivity index (χ2v) is 9.83. The molecule has 194 valence electrons. The van der Waals surface area contributed by atoms with Gasteiger partial charge in [-0.2, -0.15) is 0 Å². The molecule has 3 aromatic carbocycles. The number of benzene rings is 3. The van der Waals surface area contributed by atoms with Crippen LogP contribution in [0.2, 0.25) is 10.0 Å². The van der Waals surface area contributed by atoms with E-state index in [1.165, 1.54) is 6.07 Å². The third kappa shape index (κ3) is 5.85. The van der Waals surface area contributed by atoms with Crippen LogP contribution in [0.15, 0.2) is 75.9 Å². The molecule has 0 spiro atoms. The van der Waals surface area contributed by atoms with Crippen LogP contribution in [-0.2, 0) is 35.4 Å². The third-order valence-electron chi connectivity index (χ3n) is 6.38. The molecule has 0 saturated carbocycles. The van der Waals surface area contributed by atoms with Gasteiger partial charge in [0.05, 0.1) is 5.02 Å². The molecule has 1 amide bonds. The van der Waals surface area contributed by atoms with Crippen molar-refractivity contribution in [1.29, 1.82) is 0 Å². The Morgan fingerprint density at radius 3 is 2.45 bits per heavy atom. The molecule has 1 aliphatic carbocycles. The van der Waals surface area contributed by atoms with Crippen LogP contribution in [0.3, 0.4) is 0 Å². The Kier molecular flexibility index (Phi) is 7.67. The minimum atomic E-state index is -1.10. The standard InChI is InChI=1S/C29H23Cl2NO6/c30-19-11-9-17(10-12-19)13-24(32-29(35)36-16-18-5-2-1-3-6-18)28(34)38-26-15-25-22(14-23(26)31)20-7-4-8-21(20)27(33)37-25/h1-3,5-6,9-12,14-15,24H,4,7-8,13,16H2,(H,32,35)/t24-/m0/s1. The minimum absolute atomic E-state index is 0.0193. The van der Waals surface area contributed by atoms with Crippen LogP contribution in [0.1, 0.15) is 28.7 Å². The van der Waals surface area contributed by atoms with Crippen molar-refractivity contribution in [2.75, 3.05) is 0 Å². The topological polar surface area (TPSA) is 94.8 Å². The molecular formula is C29H23Cl2NO6. The number of carbonyl (C=O) groups is 2. The lowest BCUT2D eigenvalue weighted by Gasteiger charge is -2.18. The van der Waals surface area contributed by atoms with E-state index in [0.29, 0.717) is 17.0 Å². The first-order valence-electron chi connectivity index (χ1n) is 12.1. The molecule has 9 heteroatoms. The van der Waals surface area contributed by atoms with Crippen molar-refractivity contribution in [2.45, 2.75) is 38.3 Å². The fraction of sp³-hybridized carbons (Fsp3) is 0.207. The van der Waals surface area contributed by atoms with Gasteiger partial charge in [0.1, 0.15) is 18.2 Å². The maximum Gasteiger partial charge on any atom is 0.408 e. The number of carbonyl (C=O) groups excluding carboxylic acids is 2. The average molecular weight is 552 g/mol. The molecular weight excluding hydrogens is 529 g/mol. The van der Waals surface area contributed by atoms with Crippen LogP contribution in [0, 0.1) is 0 Å². The number of hydrogen-bond acceptors (Lipinski definition) is 6. The molecule has 7 nitrogen and oxygen atoms in total. The van der Waals surface area contributed by atoms with E-state index in [0.717, 1.165) is 34.9 Å². The van der Waals surface area contributed by atoms with Crippen molar-refractivity contribution >= 4 is 46.2 Å². The Bertz CT molecular complexity index is 1550. The first-order chi connectivity index (χ1) is 18.4. The van der Waals surface area contributed by atoms with Crippen LogP contribution in [-0.4, -0.2) is 18.1 Å². The summed E-state index contributed by atoms with van der Waals surface area (Å²) < 4.78 is 16.4. The lowest BCUT2D eigenvalue weighted by molar-refractivity contribution is -0.136. The Balaban J connectivity index is 1.36. The number of halogens is 2. The fourth-order valence-corrected chi connectivity index (χ4v) is 4.83. The van der Waals surface area contributed by atoms with Crippen LogP contribution >= 0.6 is 23.2 Å². The number of esters is 1. The van der Waals surface area contributed by atoms with Gasteiger partial charge in [-0.25, -0.2) is 14.4 Å². The summed E-state index contributed by atoms with van der Waals surface area (Å²) in [7, 11) is 0. The maximum absolute atomic E-state index is 13.3. The van der Waals surface area contributed by atoms with Crippen molar-refractivity contribution in [3.63, 3.8) is 0 Å². The number of alkyl carbamates (subject to hydrolysis) is 1. The molecule has 1 aliphatic rings. The Morgan fingerprint density at radius 2 is 1.68 bits per heavy atom. The highest BCUT2D eigenvalue weighted by atomic mass is 35.5. The molecule has 4 aromatic rings. The lowest BCUT2D eigenvalue weighted by Crippen LogP contribution is -2.44. The Labute approximate surface area is 228 Å². The number of amides is 1. The largest absolute Gasteiger partial charge is 0.445 e. The maximum atomic E-state index is 13.3. The van der Waals surface area contributed by atoms with Gasteiger partial charge in [0, 0.05) is 28.5 Å². The molecule has 5 rings (SSSR count). The highest BCUT2D eigenvalue weighted by Gasteiger charge is 2.26. The Hall–Kier alpha value is -3.81. The van der Waals surface area contributed by atoms with Gasteiger partial charge in [-0.05, 0) is 54.2 Å². The van der Waals surface area contributed by atoms with Gasteiger partial charge in [0.25, 0.3) is 0 Å². The summed E-state index contributed by atoms with van der Waals surface area (Å²) in [5, 5.41) is 4.04. The second kappa shape index (κ2) is 11.3. The molecule has 0 aliphatic heterocycles. The van der Waals surface area contributed by atoms with E-state index in [2.05, 4.69) is 5.32 Å². The Morgan fingerprint density at radius 1 is 0.947 bits per heavy atom. The quantitative estimate of drug-likeness (QED) is 0.171. The molecule has 0 unspecified atom stereocenters. The number of nitrogens with one attached hydrogen (secondary N) is 1. The summed E-state index contributed by atoms with van der Waals surface area (Å²) in [6.45, 7) is 0.0369. The van der Waals surface area contributed by atoms with E-state index >= 15 is 0 Å². The lowest BCUT2D eigenvalue weighted by atomic mass is 10.1. The van der Waals surface area contributed by atoms with Crippen molar-refractivity contribution in [1.82, 2.24) is 5.32 Å². The highest BCUT2D eigenvalue weighted by Crippen LogP contribution is 2.35. The first kappa shape index (κ1) is 25.8. The van der Waals surface area contributed by atoms with E-state index in [9.17, 15) is 14.4 Å². The van der Waals surface area contributed by atoms with Crippen molar-refractivity contribution < 1.29 is 23.5 Å². The van der Waals surface area contributed by atoms with Crippen LogP contribution in [0.4, 0.5) is 4.79 Å². The van der Waals surface area contributed by atoms with Gasteiger partial charge >= 0.3 is 17.7 Å². The predicted molar refractivity (Wildman–Crippen MR) is 144 cm³/mol. The second-order valence-electron chi connectivity index (χ2n) is 8.99. The zero-order valence-corrected chi connectivity index (χ0v) is 21.7. The molecule has 0 bridgehead atoms. The molecule has 1 atom stereocenters. The number of hydrogen-bond donors (Lipinski definition) is 1. The van der Waals surface area contributed by atoms with E-state index in [4.69, 9.17) is 37.1 Å². The zero-order valence-electron chi connectivity index (χ0n) is 20.2. The average Bonchev–Trinajstić information content (AvgIpc) is 3.41. The van der Waals surface area contributed by atoms with Crippen LogP contribution in [0.5, 0.6) is 5.75 Å². The third-order valence-corrected chi connectivity index (χ3v) is 6.93. The molecule has 1 aromatic heterocycles.